The number of unbranched alkanes of at least 4 members (excludes halogenated alkanes) is 1. The summed E-state index contributed by atoms with van der Waals surface area (Å²) in [6.45, 7) is 3.40. The summed E-state index contributed by atoms with van der Waals surface area (Å²) in [7, 11) is 0. The first kappa shape index (κ1) is 13.8. The number of hydrogen-bond donors (Lipinski definition) is 1. The third-order valence-electron chi connectivity index (χ3n) is 3.17. The maximum atomic E-state index is 10.8. The van der Waals surface area contributed by atoms with Crippen LogP contribution in [0.5, 0.6) is 5.75 Å². The van der Waals surface area contributed by atoms with E-state index < -0.39 is 0 Å². The van der Waals surface area contributed by atoms with Gasteiger partial charge in [-0.3, -0.25) is 10.1 Å². The van der Waals surface area contributed by atoms with Crippen LogP contribution in [0, 0.1) is 10.1 Å². The van der Waals surface area contributed by atoms with Crippen LogP contribution in [0.2, 0.25) is 0 Å². The molecule has 0 aliphatic heterocycles. The van der Waals surface area contributed by atoms with Crippen LogP contribution in [-0.2, 0) is 6.54 Å². The Morgan fingerprint density at radius 3 is 2.89 bits per heavy atom. The number of benzene rings is 1. The Labute approximate surface area is 113 Å². The van der Waals surface area contributed by atoms with E-state index in [2.05, 4.69) is 12.2 Å². The van der Waals surface area contributed by atoms with E-state index in [1.807, 2.05) is 0 Å². The highest BCUT2D eigenvalue weighted by molar-refractivity contribution is 5.43. The van der Waals surface area contributed by atoms with Crippen molar-refractivity contribution in [3.63, 3.8) is 0 Å². The SMILES string of the molecule is CCCCOc1ccc([N+](=O)[O-])cc1CNC1CC1. The van der Waals surface area contributed by atoms with Crippen molar-refractivity contribution in [2.75, 3.05) is 6.61 Å². The first-order valence-corrected chi connectivity index (χ1v) is 6.84. The summed E-state index contributed by atoms with van der Waals surface area (Å²) in [5, 5.41) is 14.2. The highest BCUT2D eigenvalue weighted by atomic mass is 16.6. The van der Waals surface area contributed by atoms with Crippen molar-refractivity contribution in [2.24, 2.45) is 0 Å². The molecule has 1 fully saturated rings. The molecule has 0 spiro atoms. The molecule has 1 aromatic rings. The molecule has 0 heterocycles. The zero-order chi connectivity index (χ0) is 13.7. The monoisotopic (exact) mass is 264 g/mol. The number of nitrogens with zero attached hydrogens (tertiary/aromatic N) is 1. The Morgan fingerprint density at radius 2 is 2.26 bits per heavy atom. The molecule has 0 atom stereocenters. The predicted molar refractivity (Wildman–Crippen MR) is 73.4 cm³/mol. The maximum Gasteiger partial charge on any atom is 0.270 e. The van der Waals surface area contributed by atoms with Crippen LogP contribution in [-0.4, -0.2) is 17.6 Å². The molecule has 0 aromatic heterocycles. The molecule has 1 N–H and O–H groups in total. The summed E-state index contributed by atoms with van der Waals surface area (Å²) < 4.78 is 5.70. The van der Waals surface area contributed by atoms with Crippen LogP contribution in [0.25, 0.3) is 0 Å². The highest BCUT2D eigenvalue weighted by Crippen LogP contribution is 2.26. The van der Waals surface area contributed by atoms with Crippen molar-refractivity contribution in [3.8, 4) is 5.75 Å². The van der Waals surface area contributed by atoms with Crippen LogP contribution in [0.3, 0.4) is 0 Å². The summed E-state index contributed by atoms with van der Waals surface area (Å²) in [6, 6.07) is 5.39. The van der Waals surface area contributed by atoms with Crippen molar-refractivity contribution in [2.45, 2.75) is 45.2 Å². The Morgan fingerprint density at radius 1 is 1.47 bits per heavy atom. The first-order valence-electron chi connectivity index (χ1n) is 6.84. The minimum absolute atomic E-state index is 0.121. The fourth-order valence-corrected chi connectivity index (χ4v) is 1.83. The Kier molecular flexibility index (Phi) is 4.74. The molecule has 19 heavy (non-hydrogen) atoms. The maximum absolute atomic E-state index is 10.8. The van der Waals surface area contributed by atoms with Gasteiger partial charge in [0.15, 0.2) is 0 Å². The smallest absolute Gasteiger partial charge is 0.270 e. The normalized spacial score (nSPS) is 14.4. The Bertz CT molecular complexity index is 444. The molecule has 0 unspecified atom stereocenters. The van der Waals surface area contributed by atoms with Crippen LogP contribution in [0.1, 0.15) is 38.2 Å². The van der Waals surface area contributed by atoms with Gasteiger partial charge in [-0.05, 0) is 25.3 Å². The Hall–Kier alpha value is -1.62. The zero-order valence-electron chi connectivity index (χ0n) is 11.2. The van der Waals surface area contributed by atoms with E-state index in [9.17, 15) is 10.1 Å². The number of ether oxygens (including phenoxy) is 1. The molecular weight excluding hydrogens is 244 g/mol. The lowest BCUT2D eigenvalue weighted by molar-refractivity contribution is -0.384. The largest absolute Gasteiger partial charge is 0.493 e. The number of hydrogen-bond acceptors (Lipinski definition) is 4. The molecule has 1 saturated carbocycles. The van der Waals surface area contributed by atoms with E-state index in [0.717, 1.165) is 24.2 Å². The van der Waals surface area contributed by atoms with Gasteiger partial charge in [0.1, 0.15) is 5.75 Å². The molecule has 2 rings (SSSR count). The van der Waals surface area contributed by atoms with Crippen molar-refractivity contribution in [3.05, 3.63) is 33.9 Å². The van der Waals surface area contributed by atoms with Crippen LogP contribution >= 0.6 is 0 Å². The number of nitrogens with one attached hydrogen (secondary N) is 1. The van der Waals surface area contributed by atoms with Crippen molar-refractivity contribution in [1.82, 2.24) is 5.32 Å². The lowest BCUT2D eigenvalue weighted by Gasteiger charge is -2.11. The molecule has 0 radical (unpaired) electrons. The predicted octanol–water partition coefficient (Wildman–Crippen LogP) is 3.03. The van der Waals surface area contributed by atoms with Crippen LogP contribution < -0.4 is 10.1 Å². The third-order valence-corrected chi connectivity index (χ3v) is 3.17. The van der Waals surface area contributed by atoms with E-state index >= 15 is 0 Å². The highest BCUT2D eigenvalue weighted by Gasteiger charge is 2.21. The van der Waals surface area contributed by atoms with Gasteiger partial charge in [-0.1, -0.05) is 13.3 Å². The molecule has 1 aromatic carbocycles. The van der Waals surface area contributed by atoms with Crippen molar-refractivity contribution >= 4 is 5.69 Å². The van der Waals surface area contributed by atoms with Gasteiger partial charge in [-0.25, -0.2) is 0 Å². The number of non-ortho nitro benzene ring substituents is 1. The number of rotatable bonds is 8. The first-order chi connectivity index (χ1) is 9.20. The molecule has 5 heteroatoms. The van der Waals surface area contributed by atoms with E-state index in [-0.39, 0.29) is 10.6 Å². The van der Waals surface area contributed by atoms with Gasteiger partial charge in [0, 0.05) is 30.3 Å². The van der Waals surface area contributed by atoms with Crippen molar-refractivity contribution in [1.29, 1.82) is 0 Å². The molecule has 0 amide bonds. The molecule has 0 bridgehead atoms. The minimum Gasteiger partial charge on any atom is -0.493 e. The summed E-state index contributed by atoms with van der Waals surface area (Å²) in [4.78, 5) is 10.5. The van der Waals surface area contributed by atoms with Gasteiger partial charge in [0.25, 0.3) is 5.69 Å². The van der Waals surface area contributed by atoms with E-state index in [4.69, 9.17) is 4.74 Å². The fraction of sp³-hybridized carbons (Fsp3) is 0.571. The summed E-state index contributed by atoms with van der Waals surface area (Å²) in [5.74, 6) is 0.757. The standard InChI is InChI=1S/C14H20N2O3/c1-2-3-8-19-14-7-6-13(16(17)18)9-11(14)10-15-12-4-5-12/h6-7,9,12,15H,2-5,8,10H2,1H3. The second-order valence-electron chi connectivity index (χ2n) is 4.91. The molecule has 1 aliphatic rings. The average molecular weight is 264 g/mol. The quantitative estimate of drug-likeness (QED) is 0.445. The van der Waals surface area contributed by atoms with Gasteiger partial charge in [0.2, 0.25) is 0 Å². The summed E-state index contributed by atoms with van der Waals surface area (Å²) >= 11 is 0. The summed E-state index contributed by atoms with van der Waals surface area (Å²) in [6.07, 6.45) is 4.46. The molecule has 104 valence electrons. The van der Waals surface area contributed by atoms with Gasteiger partial charge in [-0.15, -0.1) is 0 Å². The number of nitro groups is 1. The molecular formula is C14H20N2O3. The molecule has 0 saturated heterocycles. The lowest BCUT2D eigenvalue weighted by Crippen LogP contribution is -2.16. The second kappa shape index (κ2) is 6.52. The van der Waals surface area contributed by atoms with Crippen LogP contribution in [0.4, 0.5) is 5.69 Å². The lowest BCUT2D eigenvalue weighted by atomic mass is 10.1. The third kappa shape index (κ3) is 4.21. The fourth-order valence-electron chi connectivity index (χ4n) is 1.83. The van der Waals surface area contributed by atoms with Crippen LogP contribution in [0.15, 0.2) is 18.2 Å². The zero-order valence-corrected chi connectivity index (χ0v) is 11.2. The van der Waals surface area contributed by atoms with E-state index in [1.165, 1.54) is 18.9 Å². The molecule has 1 aliphatic carbocycles. The van der Waals surface area contributed by atoms with Gasteiger partial charge >= 0.3 is 0 Å². The van der Waals surface area contributed by atoms with Crippen molar-refractivity contribution < 1.29 is 9.66 Å². The topological polar surface area (TPSA) is 64.4 Å². The van der Waals surface area contributed by atoms with E-state index in [1.54, 1.807) is 12.1 Å². The number of nitro benzene ring substituents is 1. The Balaban J connectivity index is 2.06. The second-order valence-corrected chi connectivity index (χ2v) is 4.91. The van der Waals surface area contributed by atoms with Gasteiger partial charge in [-0.2, -0.15) is 0 Å². The minimum atomic E-state index is -0.365. The molecule has 5 nitrogen and oxygen atoms in total. The van der Waals surface area contributed by atoms with Gasteiger partial charge < -0.3 is 10.1 Å². The van der Waals surface area contributed by atoms with Gasteiger partial charge in [0.05, 0.1) is 11.5 Å². The average Bonchev–Trinajstić information content (AvgIpc) is 3.21. The summed E-state index contributed by atoms with van der Waals surface area (Å²) in [5.41, 5.74) is 0.993. The van der Waals surface area contributed by atoms with E-state index in [0.29, 0.717) is 19.2 Å².